The van der Waals surface area contributed by atoms with E-state index in [1.54, 1.807) is 0 Å². The molecule has 0 spiro atoms. The molecular weight excluding hydrogens is 717 g/mol. The van der Waals surface area contributed by atoms with Crippen molar-refractivity contribution in [1.29, 1.82) is 0 Å². The van der Waals surface area contributed by atoms with Crippen molar-refractivity contribution in [2.24, 2.45) is 0 Å². The molecule has 5 aromatic carbocycles. The molecule has 0 amide bonds. The summed E-state index contributed by atoms with van der Waals surface area (Å²) in [4.78, 5) is 0. The summed E-state index contributed by atoms with van der Waals surface area (Å²) in [5.74, 6) is 2.81. The van der Waals surface area contributed by atoms with Crippen LogP contribution >= 0.6 is 0 Å². The van der Waals surface area contributed by atoms with E-state index in [1.165, 1.54) is 107 Å². The fourth-order valence-corrected chi connectivity index (χ4v) is 7.64. The molecule has 0 fully saturated rings. The Labute approximate surface area is 349 Å². The molecule has 0 aliphatic heterocycles. The van der Waals surface area contributed by atoms with Crippen LogP contribution in [0.2, 0.25) is 0 Å². The van der Waals surface area contributed by atoms with Crippen molar-refractivity contribution in [3.8, 4) is 39.5 Å². The summed E-state index contributed by atoms with van der Waals surface area (Å²) >= 11 is 0. The standard InChI is InChI=1S/C53H68O5/c1-5-8-9-10-11-12-13-22-39-58-53-50-34-28-45(43-23-29-47(30-24-43)56-37-20-16-14-18-35-54-6-2)40-51(50)42(4)49-33-27-46(41-52(49)53)44-25-31-48(32-26-44)57-38-21-17-15-19-36-55-7-3/h6-7,23-34,40-41H,2-3,5,8-22,35-39H2,1,4H3. The lowest BCUT2D eigenvalue weighted by molar-refractivity contribution is 0.239. The third-order valence-corrected chi connectivity index (χ3v) is 11.0. The second-order valence-corrected chi connectivity index (χ2v) is 15.4. The molecule has 5 aromatic rings. The molecule has 0 atom stereocenters. The number of fused-ring (bicyclic) bond motifs is 2. The third kappa shape index (κ3) is 13.9. The second-order valence-electron chi connectivity index (χ2n) is 15.4. The molecule has 0 aliphatic carbocycles. The van der Waals surface area contributed by atoms with Crippen molar-refractivity contribution in [1.82, 2.24) is 0 Å². The fourth-order valence-electron chi connectivity index (χ4n) is 7.64. The van der Waals surface area contributed by atoms with E-state index >= 15 is 0 Å². The molecule has 0 aliphatic rings. The van der Waals surface area contributed by atoms with Gasteiger partial charge >= 0.3 is 0 Å². The first kappa shape index (κ1) is 44.2. The van der Waals surface area contributed by atoms with Gasteiger partial charge in [0, 0.05) is 10.8 Å². The van der Waals surface area contributed by atoms with Crippen LogP contribution < -0.4 is 14.2 Å². The van der Waals surface area contributed by atoms with Gasteiger partial charge in [-0.3, -0.25) is 0 Å². The van der Waals surface area contributed by atoms with Gasteiger partial charge in [0.05, 0.1) is 45.6 Å². The summed E-state index contributed by atoms with van der Waals surface area (Å²) in [5.41, 5.74) is 5.98. The monoisotopic (exact) mass is 785 g/mol. The molecule has 0 N–H and O–H groups in total. The molecule has 0 bridgehead atoms. The van der Waals surface area contributed by atoms with Crippen molar-refractivity contribution in [2.75, 3.05) is 33.0 Å². The van der Waals surface area contributed by atoms with E-state index in [-0.39, 0.29) is 0 Å². The number of ether oxygens (including phenoxy) is 5. The normalized spacial score (nSPS) is 11.1. The second kappa shape index (κ2) is 25.5. The maximum atomic E-state index is 6.82. The average molecular weight is 785 g/mol. The van der Waals surface area contributed by atoms with E-state index in [0.717, 1.165) is 101 Å². The highest BCUT2D eigenvalue weighted by atomic mass is 16.5. The lowest BCUT2D eigenvalue weighted by Crippen LogP contribution is -2.00. The van der Waals surface area contributed by atoms with Crippen molar-refractivity contribution < 1.29 is 23.7 Å². The lowest BCUT2D eigenvalue weighted by Gasteiger charge is -2.18. The van der Waals surface area contributed by atoms with Crippen LogP contribution in [0.5, 0.6) is 17.2 Å². The van der Waals surface area contributed by atoms with Gasteiger partial charge in [0.25, 0.3) is 0 Å². The van der Waals surface area contributed by atoms with Gasteiger partial charge in [-0.05, 0) is 140 Å². The number of benzene rings is 5. The Morgan fingerprint density at radius 3 is 1.28 bits per heavy atom. The van der Waals surface area contributed by atoms with E-state index in [4.69, 9.17) is 23.7 Å². The van der Waals surface area contributed by atoms with Crippen LogP contribution in [0, 0.1) is 6.92 Å². The van der Waals surface area contributed by atoms with E-state index in [2.05, 4.69) is 112 Å². The van der Waals surface area contributed by atoms with Gasteiger partial charge in [0.15, 0.2) is 0 Å². The molecule has 5 nitrogen and oxygen atoms in total. The zero-order valence-corrected chi connectivity index (χ0v) is 35.5. The number of unbranched alkanes of at least 4 members (excludes halogenated alkanes) is 13. The predicted octanol–water partition coefficient (Wildman–Crippen LogP) is 15.4. The molecule has 5 rings (SSSR count). The largest absolute Gasteiger partial charge is 0.502 e. The number of aryl methyl sites for hydroxylation is 1. The minimum atomic E-state index is 0.716. The van der Waals surface area contributed by atoms with Crippen LogP contribution in [-0.2, 0) is 9.47 Å². The highest BCUT2D eigenvalue weighted by Crippen LogP contribution is 2.42. The fraction of sp³-hybridized carbons (Fsp3) is 0.434. The van der Waals surface area contributed by atoms with Crippen molar-refractivity contribution in [3.05, 3.63) is 116 Å². The van der Waals surface area contributed by atoms with E-state index in [9.17, 15) is 0 Å². The molecule has 0 saturated heterocycles. The van der Waals surface area contributed by atoms with Crippen molar-refractivity contribution in [3.63, 3.8) is 0 Å². The SMILES string of the molecule is C=COCCCCCCOc1ccc(-c2ccc3c(OCCCCCCCCCC)c4cc(-c5ccc(OCCCCCCOC=C)cc5)ccc4c(C)c3c2)cc1. The summed E-state index contributed by atoms with van der Waals surface area (Å²) in [5, 5.41) is 4.79. The topological polar surface area (TPSA) is 46.2 Å². The Hall–Kier alpha value is -4.90. The summed E-state index contributed by atoms with van der Waals surface area (Å²) < 4.78 is 29.4. The molecule has 58 heavy (non-hydrogen) atoms. The van der Waals surface area contributed by atoms with Crippen LogP contribution in [0.1, 0.15) is 115 Å². The molecular formula is C53H68O5. The predicted molar refractivity (Wildman–Crippen MR) is 245 cm³/mol. The maximum Gasteiger partial charge on any atom is 0.134 e. The van der Waals surface area contributed by atoms with E-state index in [1.807, 2.05) is 0 Å². The van der Waals surface area contributed by atoms with E-state index in [0.29, 0.717) is 6.61 Å². The van der Waals surface area contributed by atoms with Crippen molar-refractivity contribution in [2.45, 2.75) is 117 Å². The number of hydrogen-bond donors (Lipinski definition) is 0. The zero-order valence-electron chi connectivity index (χ0n) is 35.5. The first-order valence-corrected chi connectivity index (χ1v) is 22.2. The lowest BCUT2D eigenvalue weighted by atomic mass is 9.91. The van der Waals surface area contributed by atoms with Crippen LogP contribution in [-0.4, -0.2) is 33.0 Å². The molecule has 5 heteroatoms. The Bertz CT molecular complexity index is 1950. The van der Waals surface area contributed by atoms with Gasteiger partial charge in [0.2, 0.25) is 0 Å². The molecule has 0 aromatic heterocycles. The average Bonchev–Trinajstić information content (AvgIpc) is 3.26. The van der Waals surface area contributed by atoms with Gasteiger partial charge < -0.3 is 23.7 Å². The van der Waals surface area contributed by atoms with Crippen LogP contribution in [0.15, 0.2) is 111 Å². The molecule has 310 valence electrons. The molecule has 0 unspecified atom stereocenters. The van der Waals surface area contributed by atoms with Gasteiger partial charge in [-0.1, -0.05) is 114 Å². The maximum absolute atomic E-state index is 6.82. The first-order chi connectivity index (χ1) is 28.6. The van der Waals surface area contributed by atoms with Gasteiger partial charge in [-0.15, -0.1) is 0 Å². The Morgan fingerprint density at radius 1 is 0.397 bits per heavy atom. The van der Waals surface area contributed by atoms with Gasteiger partial charge in [-0.2, -0.15) is 0 Å². The summed E-state index contributed by atoms with van der Waals surface area (Å²) in [6.07, 6.45) is 21.9. The quantitative estimate of drug-likeness (QED) is 0.0264. The third-order valence-electron chi connectivity index (χ3n) is 11.0. The van der Waals surface area contributed by atoms with E-state index < -0.39 is 0 Å². The van der Waals surface area contributed by atoms with Crippen LogP contribution in [0.4, 0.5) is 0 Å². The highest BCUT2D eigenvalue weighted by molar-refractivity contribution is 6.10. The molecule has 0 saturated carbocycles. The Morgan fingerprint density at radius 2 is 0.793 bits per heavy atom. The van der Waals surface area contributed by atoms with Crippen LogP contribution in [0.3, 0.4) is 0 Å². The Kier molecular flexibility index (Phi) is 19.4. The summed E-state index contributed by atoms with van der Waals surface area (Å²) in [6.45, 7) is 15.4. The summed E-state index contributed by atoms with van der Waals surface area (Å²) in [7, 11) is 0. The van der Waals surface area contributed by atoms with Crippen LogP contribution in [0.25, 0.3) is 43.8 Å². The Balaban J connectivity index is 1.30. The minimum absolute atomic E-state index is 0.716. The van der Waals surface area contributed by atoms with Crippen molar-refractivity contribution >= 4 is 21.5 Å². The highest BCUT2D eigenvalue weighted by Gasteiger charge is 2.16. The smallest absolute Gasteiger partial charge is 0.134 e. The summed E-state index contributed by atoms with van der Waals surface area (Å²) in [6, 6.07) is 30.7. The zero-order chi connectivity index (χ0) is 40.6. The first-order valence-electron chi connectivity index (χ1n) is 22.2. The van der Waals surface area contributed by atoms with Gasteiger partial charge in [0.1, 0.15) is 17.2 Å². The number of rotatable bonds is 30. The minimum Gasteiger partial charge on any atom is -0.502 e. The molecule has 0 radical (unpaired) electrons. The molecule has 0 heterocycles. The number of hydrogen-bond acceptors (Lipinski definition) is 5. The van der Waals surface area contributed by atoms with Gasteiger partial charge in [-0.25, -0.2) is 0 Å².